The zero-order valence-electron chi connectivity index (χ0n) is 28.7. The molecule has 2 aliphatic carbocycles. The molecule has 2 unspecified atom stereocenters. The third-order valence-corrected chi connectivity index (χ3v) is 13.2. The molecule has 52 heavy (non-hydrogen) atoms. The van der Waals surface area contributed by atoms with Crippen LogP contribution in [0.2, 0.25) is 0 Å². The molecule has 14 heteroatoms. The molecule has 0 fully saturated rings. The third-order valence-electron chi connectivity index (χ3n) is 10.3. The zero-order chi connectivity index (χ0) is 37.6. The molecule has 0 bridgehead atoms. The highest BCUT2D eigenvalue weighted by Crippen LogP contribution is 2.49. The standard InChI is InChI=1S/C38H40N6O6S2/c1-3-9-25-19-23(15-17-29(25)37(51(45,46)47)21-33(43-41)35(39)27-11-5-7-13-31(27)37)24-16-18-30(26(20-24)10-4-2)38(52(48,49)50)22-34(44-42)36(40)28-12-6-8-14-32(28)38/h5-8,11-20,39-40H,3-4,9-10,21-22,41-42H2,1-2H3,(H,45,46,47)(H,48,49,50). The van der Waals surface area contributed by atoms with Crippen molar-refractivity contribution in [2.24, 2.45) is 21.9 Å². The molecule has 12 nitrogen and oxygen atoms in total. The quantitative estimate of drug-likeness (QED) is 0.0707. The molecule has 4 aromatic rings. The number of aryl methyl sites for hydroxylation is 2. The van der Waals surface area contributed by atoms with Crippen molar-refractivity contribution in [3.8, 4) is 11.1 Å². The summed E-state index contributed by atoms with van der Waals surface area (Å²) in [4.78, 5) is 0. The summed E-state index contributed by atoms with van der Waals surface area (Å²) in [6, 6.07) is 23.7. The number of hydrogen-bond acceptors (Lipinski definition) is 10. The van der Waals surface area contributed by atoms with E-state index in [0.29, 0.717) is 70.2 Å². The maximum absolute atomic E-state index is 13.6. The molecule has 8 N–H and O–H groups in total. The highest BCUT2D eigenvalue weighted by Gasteiger charge is 2.54. The number of benzene rings is 4. The lowest BCUT2D eigenvalue weighted by atomic mass is 9.73. The maximum atomic E-state index is 13.6. The van der Waals surface area contributed by atoms with Crippen molar-refractivity contribution in [3.05, 3.63) is 129 Å². The molecular weight excluding hydrogens is 701 g/mol. The van der Waals surface area contributed by atoms with E-state index in [9.17, 15) is 25.9 Å². The molecule has 0 aliphatic heterocycles. The molecule has 0 amide bonds. The summed E-state index contributed by atoms with van der Waals surface area (Å²) in [5, 5.41) is 24.8. The minimum Gasteiger partial charge on any atom is -0.323 e. The second-order valence-corrected chi connectivity index (χ2v) is 16.5. The van der Waals surface area contributed by atoms with Crippen LogP contribution in [0.5, 0.6) is 0 Å². The predicted octanol–water partition coefficient (Wildman–Crippen LogP) is 5.69. The van der Waals surface area contributed by atoms with Crippen LogP contribution in [0.15, 0.2) is 95.1 Å². The average Bonchev–Trinajstić information content (AvgIpc) is 3.12. The maximum Gasteiger partial charge on any atom is 0.279 e. The number of rotatable bonds is 9. The molecule has 0 heterocycles. The highest BCUT2D eigenvalue weighted by atomic mass is 32.2. The number of hydrazone groups is 2. The number of fused-ring (bicyclic) bond motifs is 2. The molecular formula is C38H40N6O6S2. The average molecular weight is 741 g/mol. The molecule has 0 aromatic heterocycles. The fraction of sp³-hybridized carbons (Fsp3) is 0.263. The summed E-state index contributed by atoms with van der Waals surface area (Å²) in [5.74, 6) is 11.3. The van der Waals surface area contributed by atoms with Gasteiger partial charge in [-0.15, -0.1) is 0 Å². The van der Waals surface area contributed by atoms with E-state index in [1.165, 1.54) is 0 Å². The second kappa shape index (κ2) is 13.5. The smallest absolute Gasteiger partial charge is 0.279 e. The van der Waals surface area contributed by atoms with E-state index in [1.807, 2.05) is 26.0 Å². The Morgan fingerprint density at radius 1 is 0.615 bits per heavy atom. The zero-order valence-corrected chi connectivity index (χ0v) is 30.4. The summed E-state index contributed by atoms with van der Waals surface area (Å²) in [7, 11) is -9.75. The lowest BCUT2D eigenvalue weighted by molar-refractivity contribution is 0.444. The largest absolute Gasteiger partial charge is 0.323 e. The van der Waals surface area contributed by atoms with Crippen LogP contribution in [0, 0.1) is 10.8 Å². The topological polar surface area (TPSA) is 233 Å². The van der Waals surface area contributed by atoms with Gasteiger partial charge in [0.2, 0.25) is 0 Å². The van der Waals surface area contributed by atoms with Gasteiger partial charge in [-0.1, -0.05) is 112 Å². The second-order valence-electron chi connectivity index (χ2n) is 13.2. The molecule has 2 atom stereocenters. The van der Waals surface area contributed by atoms with Gasteiger partial charge < -0.3 is 11.7 Å². The van der Waals surface area contributed by atoms with E-state index in [4.69, 9.17) is 22.5 Å². The van der Waals surface area contributed by atoms with E-state index in [0.717, 1.165) is 0 Å². The van der Waals surface area contributed by atoms with Gasteiger partial charge in [-0.3, -0.25) is 19.9 Å². The van der Waals surface area contributed by atoms with Crippen molar-refractivity contribution in [1.82, 2.24) is 0 Å². The van der Waals surface area contributed by atoms with E-state index in [1.54, 1.807) is 72.8 Å². The van der Waals surface area contributed by atoms with Crippen LogP contribution < -0.4 is 11.7 Å². The number of nitrogens with one attached hydrogen (secondary N) is 2. The fourth-order valence-corrected chi connectivity index (χ4v) is 10.5. The first-order valence-electron chi connectivity index (χ1n) is 16.8. The van der Waals surface area contributed by atoms with Gasteiger partial charge in [-0.25, -0.2) is 0 Å². The first kappa shape index (κ1) is 36.8. The van der Waals surface area contributed by atoms with Crippen LogP contribution >= 0.6 is 0 Å². The van der Waals surface area contributed by atoms with E-state index < -0.39 is 29.7 Å². The van der Waals surface area contributed by atoms with Crippen molar-refractivity contribution in [3.63, 3.8) is 0 Å². The first-order chi connectivity index (χ1) is 24.7. The van der Waals surface area contributed by atoms with Crippen molar-refractivity contribution in [2.75, 3.05) is 0 Å². The normalized spacial score (nSPS) is 22.0. The Labute approximate surface area is 303 Å². The summed E-state index contributed by atoms with van der Waals surface area (Å²) in [5.41, 5.74) is 4.57. The van der Waals surface area contributed by atoms with Gasteiger partial charge in [-0.2, -0.15) is 27.0 Å². The van der Waals surface area contributed by atoms with Crippen molar-refractivity contribution < 1.29 is 25.9 Å². The summed E-state index contributed by atoms with van der Waals surface area (Å²) in [6.07, 6.45) is 1.51. The van der Waals surface area contributed by atoms with Gasteiger partial charge in [0.25, 0.3) is 20.2 Å². The van der Waals surface area contributed by atoms with Gasteiger partial charge in [0.15, 0.2) is 9.49 Å². The summed E-state index contributed by atoms with van der Waals surface area (Å²) in [6.45, 7) is 3.91. The Balaban J connectivity index is 1.58. The Morgan fingerprint density at radius 3 is 1.31 bits per heavy atom. The molecule has 0 radical (unpaired) electrons. The summed E-state index contributed by atoms with van der Waals surface area (Å²) >= 11 is 0. The number of hydrogen-bond donors (Lipinski definition) is 6. The Hall–Kier alpha value is -5.02. The van der Waals surface area contributed by atoms with Crippen molar-refractivity contribution in [2.45, 2.75) is 61.9 Å². The lowest BCUT2D eigenvalue weighted by Crippen LogP contribution is -2.46. The van der Waals surface area contributed by atoms with Gasteiger partial charge >= 0.3 is 0 Å². The van der Waals surface area contributed by atoms with Gasteiger partial charge in [0.05, 0.1) is 22.8 Å². The van der Waals surface area contributed by atoms with Crippen LogP contribution in [0.3, 0.4) is 0 Å². The Kier molecular flexibility index (Phi) is 9.55. The molecule has 270 valence electrons. The van der Waals surface area contributed by atoms with Crippen molar-refractivity contribution >= 4 is 43.1 Å². The Morgan fingerprint density at radius 2 is 0.981 bits per heavy atom. The fourth-order valence-electron chi connectivity index (χ4n) is 7.98. The van der Waals surface area contributed by atoms with Crippen LogP contribution in [0.1, 0.15) is 84.0 Å². The third kappa shape index (κ3) is 5.57. The van der Waals surface area contributed by atoms with Crippen molar-refractivity contribution in [1.29, 1.82) is 10.8 Å². The Bertz CT molecular complexity index is 2260. The number of nitrogens with two attached hydrogens (primary N) is 2. The highest BCUT2D eigenvalue weighted by molar-refractivity contribution is 7.87. The molecule has 2 aliphatic rings. The summed E-state index contributed by atoms with van der Waals surface area (Å²) < 4.78 is 72.5. The minimum absolute atomic E-state index is 0.0143. The number of nitrogens with zero attached hydrogens (tertiary/aromatic N) is 2. The SMILES string of the molecule is CCCc1cc(-c2ccc(C3(S(=O)(=O)O)CC(=NN)C(=N)c4ccccc43)c(CCC)c2)ccc1C1(S(=O)(=O)O)CC(=NN)C(=N)c2ccccc21. The lowest BCUT2D eigenvalue weighted by Gasteiger charge is -2.39. The van der Waals surface area contributed by atoms with Crippen LogP contribution in [0.25, 0.3) is 11.1 Å². The molecule has 4 aromatic carbocycles. The first-order valence-corrected chi connectivity index (χ1v) is 19.7. The monoisotopic (exact) mass is 740 g/mol. The predicted molar refractivity (Wildman–Crippen MR) is 204 cm³/mol. The molecule has 6 rings (SSSR count). The molecule has 0 spiro atoms. The minimum atomic E-state index is -4.87. The van der Waals surface area contributed by atoms with E-state index in [2.05, 4.69) is 10.2 Å². The van der Waals surface area contributed by atoms with Gasteiger partial charge in [0.1, 0.15) is 0 Å². The van der Waals surface area contributed by atoms with E-state index >= 15 is 0 Å². The van der Waals surface area contributed by atoms with Crippen LogP contribution in [-0.4, -0.2) is 48.8 Å². The van der Waals surface area contributed by atoms with Crippen LogP contribution in [-0.2, 0) is 42.6 Å². The molecule has 0 saturated carbocycles. The van der Waals surface area contributed by atoms with Crippen LogP contribution in [0.4, 0.5) is 0 Å². The molecule has 0 saturated heterocycles. The van der Waals surface area contributed by atoms with Gasteiger partial charge in [0, 0.05) is 24.0 Å². The van der Waals surface area contributed by atoms with E-state index in [-0.39, 0.29) is 46.8 Å². The van der Waals surface area contributed by atoms with Gasteiger partial charge in [-0.05, 0) is 57.3 Å².